The molecule has 0 atom stereocenters. The highest BCUT2D eigenvalue weighted by molar-refractivity contribution is 6.30. The number of halogens is 1. The van der Waals surface area contributed by atoms with Crippen LogP contribution in [0.2, 0.25) is 5.02 Å². The van der Waals surface area contributed by atoms with E-state index in [0.29, 0.717) is 19.6 Å². The Morgan fingerprint density at radius 1 is 1.21 bits per heavy atom. The topological polar surface area (TPSA) is 43.9 Å². The van der Waals surface area contributed by atoms with E-state index < -0.39 is 0 Å². The van der Waals surface area contributed by atoms with Gasteiger partial charge in [-0.2, -0.15) is 0 Å². The summed E-state index contributed by atoms with van der Waals surface area (Å²) in [5.41, 5.74) is 1.09. The molecule has 0 spiro atoms. The number of hydrogen-bond acceptors (Lipinski definition) is 3. The molecule has 0 aromatic heterocycles. The molecular weight excluding hydrogens is 326 g/mol. The molecular formula is C18H26ClN3O2. The normalized spacial score (nSPS) is 14.6. The highest BCUT2D eigenvalue weighted by Crippen LogP contribution is 2.20. The maximum Gasteiger partial charge on any atom is 0.242 e. The van der Waals surface area contributed by atoms with Gasteiger partial charge < -0.3 is 14.7 Å². The maximum atomic E-state index is 12.5. The summed E-state index contributed by atoms with van der Waals surface area (Å²) >= 11 is 6.04. The van der Waals surface area contributed by atoms with Gasteiger partial charge in [-0.05, 0) is 24.6 Å². The number of carbonyl (C=O) groups is 2. The van der Waals surface area contributed by atoms with Crippen LogP contribution < -0.4 is 4.90 Å². The van der Waals surface area contributed by atoms with E-state index in [0.717, 1.165) is 36.6 Å². The third kappa shape index (κ3) is 5.13. The summed E-state index contributed by atoms with van der Waals surface area (Å²) in [5, 5.41) is 0.721. The lowest BCUT2D eigenvalue weighted by molar-refractivity contribution is -0.139. The number of unbranched alkanes of at least 4 members (excludes halogenated alkanes) is 1. The second-order valence-corrected chi connectivity index (χ2v) is 6.58. The number of carbonyl (C=O) groups excluding carboxylic acids is 2. The summed E-state index contributed by atoms with van der Waals surface area (Å²) in [7, 11) is 0. The Labute approximate surface area is 149 Å². The van der Waals surface area contributed by atoms with Crippen molar-refractivity contribution in [3.05, 3.63) is 29.3 Å². The van der Waals surface area contributed by atoms with E-state index in [4.69, 9.17) is 11.6 Å². The molecule has 1 heterocycles. The number of piperazine rings is 1. The van der Waals surface area contributed by atoms with Crippen LogP contribution in [-0.2, 0) is 9.59 Å². The van der Waals surface area contributed by atoms with Crippen molar-refractivity contribution in [2.75, 3.05) is 44.2 Å². The standard InChI is InChI=1S/C18H26ClN3O2/c1-3-4-8-22(15(2)23)14-18(24)21-11-9-20(10-12-21)17-7-5-6-16(19)13-17/h5-7,13H,3-4,8-12,14H2,1-2H3. The largest absolute Gasteiger partial charge is 0.368 e. The van der Waals surface area contributed by atoms with Crippen molar-refractivity contribution < 1.29 is 9.59 Å². The third-order valence-electron chi connectivity index (χ3n) is 4.36. The van der Waals surface area contributed by atoms with Crippen molar-refractivity contribution >= 4 is 29.1 Å². The number of rotatable bonds is 6. The quantitative estimate of drug-likeness (QED) is 0.791. The highest BCUT2D eigenvalue weighted by atomic mass is 35.5. The molecule has 1 saturated heterocycles. The molecule has 2 amide bonds. The minimum Gasteiger partial charge on any atom is -0.368 e. The maximum absolute atomic E-state index is 12.5. The predicted molar refractivity (Wildman–Crippen MR) is 97.4 cm³/mol. The van der Waals surface area contributed by atoms with Crippen molar-refractivity contribution in [2.24, 2.45) is 0 Å². The Bertz CT molecular complexity index is 571. The van der Waals surface area contributed by atoms with E-state index in [1.54, 1.807) is 4.90 Å². The van der Waals surface area contributed by atoms with E-state index in [-0.39, 0.29) is 18.4 Å². The minimum absolute atomic E-state index is 0.0330. The van der Waals surface area contributed by atoms with Crippen LogP contribution >= 0.6 is 11.6 Å². The van der Waals surface area contributed by atoms with Gasteiger partial charge in [0.15, 0.2) is 0 Å². The lowest BCUT2D eigenvalue weighted by atomic mass is 10.2. The third-order valence-corrected chi connectivity index (χ3v) is 4.59. The van der Waals surface area contributed by atoms with Gasteiger partial charge in [0.2, 0.25) is 11.8 Å². The van der Waals surface area contributed by atoms with Crippen molar-refractivity contribution in [2.45, 2.75) is 26.7 Å². The van der Waals surface area contributed by atoms with Crippen molar-refractivity contribution in [1.82, 2.24) is 9.80 Å². The number of amides is 2. The molecule has 0 aliphatic carbocycles. The van der Waals surface area contributed by atoms with Crippen molar-refractivity contribution in [1.29, 1.82) is 0 Å². The Kier molecular flexibility index (Phi) is 6.91. The van der Waals surface area contributed by atoms with Gasteiger partial charge in [0.1, 0.15) is 0 Å². The molecule has 1 aromatic carbocycles. The average Bonchev–Trinajstić information content (AvgIpc) is 2.58. The minimum atomic E-state index is -0.0330. The Morgan fingerprint density at radius 2 is 1.92 bits per heavy atom. The van der Waals surface area contributed by atoms with Gasteiger partial charge in [-0.3, -0.25) is 9.59 Å². The molecule has 24 heavy (non-hydrogen) atoms. The average molecular weight is 352 g/mol. The van der Waals surface area contributed by atoms with Crippen LogP contribution in [0.1, 0.15) is 26.7 Å². The van der Waals surface area contributed by atoms with E-state index in [1.807, 2.05) is 29.2 Å². The SMILES string of the molecule is CCCCN(CC(=O)N1CCN(c2cccc(Cl)c2)CC1)C(C)=O. The Hall–Kier alpha value is -1.75. The zero-order chi connectivity index (χ0) is 17.5. The summed E-state index contributed by atoms with van der Waals surface area (Å²) < 4.78 is 0. The first-order valence-electron chi connectivity index (χ1n) is 8.55. The van der Waals surface area contributed by atoms with Gasteiger partial charge in [-0.1, -0.05) is 31.0 Å². The molecule has 1 aliphatic heterocycles. The Morgan fingerprint density at radius 3 is 2.50 bits per heavy atom. The van der Waals surface area contributed by atoms with Crippen LogP contribution in [0.15, 0.2) is 24.3 Å². The van der Waals surface area contributed by atoms with Crippen molar-refractivity contribution in [3.63, 3.8) is 0 Å². The number of nitrogens with zero attached hydrogens (tertiary/aromatic N) is 3. The van der Waals surface area contributed by atoms with Crippen LogP contribution in [0.3, 0.4) is 0 Å². The first kappa shape index (κ1) is 18.6. The van der Waals surface area contributed by atoms with Gasteiger partial charge in [0.05, 0.1) is 6.54 Å². The molecule has 132 valence electrons. The lowest BCUT2D eigenvalue weighted by Gasteiger charge is -2.37. The molecule has 0 bridgehead atoms. The second-order valence-electron chi connectivity index (χ2n) is 6.14. The zero-order valence-corrected chi connectivity index (χ0v) is 15.3. The fraction of sp³-hybridized carbons (Fsp3) is 0.556. The predicted octanol–water partition coefficient (Wildman–Crippen LogP) is 2.64. The van der Waals surface area contributed by atoms with Crippen LogP contribution in [0.5, 0.6) is 0 Å². The molecule has 1 aliphatic rings. The molecule has 1 fully saturated rings. The van der Waals surface area contributed by atoms with Crippen LogP contribution in [0.25, 0.3) is 0 Å². The summed E-state index contributed by atoms with van der Waals surface area (Å²) in [6.07, 6.45) is 1.94. The van der Waals surface area contributed by atoms with Gasteiger partial charge in [-0.15, -0.1) is 0 Å². The molecule has 2 rings (SSSR count). The van der Waals surface area contributed by atoms with E-state index >= 15 is 0 Å². The van der Waals surface area contributed by atoms with Crippen LogP contribution in [0, 0.1) is 0 Å². The fourth-order valence-electron chi connectivity index (χ4n) is 2.85. The van der Waals surface area contributed by atoms with Crippen LogP contribution in [0.4, 0.5) is 5.69 Å². The lowest BCUT2D eigenvalue weighted by Crippen LogP contribution is -2.51. The first-order chi connectivity index (χ1) is 11.5. The number of benzene rings is 1. The smallest absolute Gasteiger partial charge is 0.242 e. The summed E-state index contributed by atoms with van der Waals surface area (Å²) in [6.45, 7) is 7.35. The van der Waals surface area contributed by atoms with Crippen LogP contribution in [-0.4, -0.2) is 60.9 Å². The highest BCUT2D eigenvalue weighted by Gasteiger charge is 2.23. The monoisotopic (exact) mass is 351 g/mol. The fourth-order valence-corrected chi connectivity index (χ4v) is 3.03. The van der Waals surface area contributed by atoms with Gasteiger partial charge in [-0.25, -0.2) is 0 Å². The van der Waals surface area contributed by atoms with E-state index in [2.05, 4.69) is 11.8 Å². The van der Waals surface area contributed by atoms with E-state index in [9.17, 15) is 9.59 Å². The number of anilines is 1. The molecule has 1 aromatic rings. The molecule has 5 nitrogen and oxygen atoms in total. The number of hydrogen-bond donors (Lipinski definition) is 0. The second kappa shape index (κ2) is 8.92. The zero-order valence-electron chi connectivity index (χ0n) is 14.5. The first-order valence-corrected chi connectivity index (χ1v) is 8.93. The molecule has 0 unspecified atom stereocenters. The molecule has 0 N–H and O–H groups in total. The molecule has 0 radical (unpaired) electrons. The summed E-state index contributed by atoms with van der Waals surface area (Å²) in [5.74, 6) is 0.00131. The Balaban J connectivity index is 1.86. The van der Waals surface area contributed by atoms with Gasteiger partial charge >= 0.3 is 0 Å². The molecule has 6 heteroatoms. The molecule has 0 saturated carbocycles. The van der Waals surface area contributed by atoms with Crippen molar-refractivity contribution in [3.8, 4) is 0 Å². The van der Waals surface area contributed by atoms with Gasteiger partial charge in [0.25, 0.3) is 0 Å². The summed E-state index contributed by atoms with van der Waals surface area (Å²) in [6, 6.07) is 7.78. The van der Waals surface area contributed by atoms with E-state index in [1.165, 1.54) is 6.92 Å². The van der Waals surface area contributed by atoms with Gasteiger partial charge in [0, 0.05) is 50.4 Å². The summed E-state index contributed by atoms with van der Waals surface area (Å²) in [4.78, 5) is 29.9.